The van der Waals surface area contributed by atoms with E-state index in [2.05, 4.69) is 17.2 Å². The monoisotopic (exact) mass is 269 g/mol. The second kappa shape index (κ2) is 7.05. The molecule has 0 bridgehead atoms. The van der Waals surface area contributed by atoms with Gasteiger partial charge in [-0.2, -0.15) is 0 Å². The number of rotatable bonds is 4. The smallest absolute Gasteiger partial charge is 0.287 e. The second-order valence-electron chi connectivity index (χ2n) is 4.07. The molecule has 0 unspecified atom stereocenters. The van der Waals surface area contributed by atoms with E-state index >= 15 is 0 Å². The van der Waals surface area contributed by atoms with E-state index in [1.165, 1.54) is 6.26 Å². The first kappa shape index (κ1) is 13.8. The van der Waals surface area contributed by atoms with E-state index < -0.39 is 0 Å². The van der Waals surface area contributed by atoms with Crippen LogP contribution in [0.2, 0.25) is 0 Å². The van der Waals surface area contributed by atoms with Gasteiger partial charge < -0.3 is 14.5 Å². The molecule has 0 aliphatic rings. The van der Waals surface area contributed by atoms with Gasteiger partial charge in [0.25, 0.3) is 5.91 Å². The Morgan fingerprint density at radius 2 is 2.10 bits per heavy atom. The predicted molar refractivity (Wildman–Crippen MR) is 75.5 cm³/mol. The molecule has 0 saturated carbocycles. The molecule has 1 N–H and O–H groups in total. The number of benzene rings is 1. The number of ether oxygens (including phenoxy) is 1. The third-order valence-corrected chi connectivity index (χ3v) is 2.60. The van der Waals surface area contributed by atoms with Crippen molar-refractivity contribution < 1.29 is 13.9 Å². The lowest BCUT2D eigenvalue weighted by molar-refractivity contribution is 0.0931. The van der Waals surface area contributed by atoms with Crippen molar-refractivity contribution in [1.29, 1.82) is 0 Å². The molecule has 4 heteroatoms. The fraction of sp³-hybridized carbons (Fsp3) is 0.188. The number of amides is 1. The maximum atomic E-state index is 11.5. The van der Waals surface area contributed by atoms with Gasteiger partial charge in [-0.3, -0.25) is 4.79 Å². The Balaban J connectivity index is 1.71. The first-order valence-electron chi connectivity index (χ1n) is 6.23. The normalized spacial score (nSPS) is 9.45. The summed E-state index contributed by atoms with van der Waals surface area (Å²) in [5, 5.41) is 2.63. The lowest BCUT2D eigenvalue weighted by Gasteiger charge is -2.04. The van der Waals surface area contributed by atoms with Crippen LogP contribution in [-0.2, 0) is 0 Å². The van der Waals surface area contributed by atoms with E-state index in [1.54, 1.807) is 12.1 Å². The third kappa shape index (κ3) is 3.92. The Morgan fingerprint density at radius 1 is 1.25 bits per heavy atom. The number of aryl methyl sites for hydroxylation is 1. The van der Waals surface area contributed by atoms with Gasteiger partial charge in [0, 0.05) is 0 Å². The number of nitrogens with one attached hydrogen (secondary N) is 1. The number of para-hydroxylation sites is 1. The molecule has 0 fully saturated rings. The van der Waals surface area contributed by atoms with E-state index in [4.69, 9.17) is 9.15 Å². The number of furan rings is 1. The summed E-state index contributed by atoms with van der Waals surface area (Å²) in [4.78, 5) is 11.5. The van der Waals surface area contributed by atoms with E-state index in [0.29, 0.717) is 6.61 Å². The standard InChI is InChI=1S/C16H15NO3/c1-13-7-2-3-8-14(13)19-11-5-4-10-17-16(18)15-9-6-12-20-15/h2-3,6-9,12H,10-11H2,1H3,(H,17,18). The largest absolute Gasteiger partial charge is 0.481 e. The molecule has 1 aromatic heterocycles. The van der Waals surface area contributed by atoms with Crippen molar-refractivity contribution in [2.75, 3.05) is 13.2 Å². The van der Waals surface area contributed by atoms with Crippen LogP contribution >= 0.6 is 0 Å². The second-order valence-corrected chi connectivity index (χ2v) is 4.07. The maximum Gasteiger partial charge on any atom is 0.287 e. The van der Waals surface area contributed by atoms with Gasteiger partial charge in [-0.15, -0.1) is 0 Å². The first-order valence-corrected chi connectivity index (χ1v) is 6.23. The van der Waals surface area contributed by atoms with Crippen LogP contribution in [0.4, 0.5) is 0 Å². The molecular weight excluding hydrogens is 254 g/mol. The summed E-state index contributed by atoms with van der Waals surface area (Å²) in [6.45, 7) is 2.53. The summed E-state index contributed by atoms with van der Waals surface area (Å²) in [7, 11) is 0. The molecule has 1 amide bonds. The molecule has 102 valence electrons. The van der Waals surface area contributed by atoms with Gasteiger partial charge in [0.2, 0.25) is 0 Å². The number of carbonyl (C=O) groups is 1. The van der Waals surface area contributed by atoms with Gasteiger partial charge in [0.05, 0.1) is 12.8 Å². The van der Waals surface area contributed by atoms with Crippen LogP contribution in [0.1, 0.15) is 16.1 Å². The predicted octanol–water partition coefficient (Wildman–Crippen LogP) is 2.40. The Bertz CT molecular complexity index is 621. The van der Waals surface area contributed by atoms with Gasteiger partial charge in [-0.05, 0) is 30.7 Å². The zero-order chi connectivity index (χ0) is 14.2. The summed E-state index contributed by atoms with van der Waals surface area (Å²) in [5.41, 5.74) is 1.07. The fourth-order valence-corrected chi connectivity index (χ4v) is 1.57. The van der Waals surface area contributed by atoms with E-state index in [-0.39, 0.29) is 18.2 Å². The quantitative estimate of drug-likeness (QED) is 0.867. The van der Waals surface area contributed by atoms with Crippen molar-refractivity contribution in [2.45, 2.75) is 6.92 Å². The molecule has 2 rings (SSSR count). The molecule has 4 nitrogen and oxygen atoms in total. The van der Waals surface area contributed by atoms with Gasteiger partial charge in [0.1, 0.15) is 12.4 Å². The highest BCUT2D eigenvalue weighted by atomic mass is 16.5. The molecule has 0 saturated heterocycles. The van der Waals surface area contributed by atoms with E-state index in [1.807, 2.05) is 31.2 Å². The topological polar surface area (TPSA) is 51.5 Å². The highest BCUT2D eigenvalue weighted by Crippen LogP contribution is 2.15. The molecule has 1 aromatic carbocycles. The summed E-state index contributed by atoms with van der Waals surface area (Å²) in [6.07, 6.45) is 1.45. The van der Waals surface area contributed by atoms with Crippen molar-refractivity contribution in [3.63, 3.8) is 0 Å². The van der Waals surface area contributed by atoms with Crippen LogP contribution in [0, 0.1) is 18.8 Å². The van der Waals surface area contributed by atoms with Crippen LogP contribution in [0.3, 0.4) is 0 Å². The Kier molecular flexibility index (Phi) is 4.85. The van der Waals surface area contributed by atoms with Gasteiger partial charge >= 0.3 is 0 Å². The van der Waals surface area contributed by atoms with Gasteiger partial charge in [-0.1, -0.05) is 30.0 Å². The molecule has 0 aliphatic heterocycles. The zero-order valence-electron chi connectivity index (χ0n) is 11.2. The highest BCUT2D eigenvalue weighted by molar-refractivity contribution is 5.91. The van der Waals surface area contributed by atoms with Crippen molar-refractivity contribution in [3.05, 3.63) is 54.0 Å². The average molecular weight is 269 g/mol. The fourth-order valence-electron chi connectivity index (χ4n) is 1.57. The Hall–Kier alpha value is -2.67. The molecular formula is C16H15NO3. The number of hydrogen-bond acceptors (Lipinski definition) is 3. The Labute approximate surface area is 117 Å². The Morgan fingerprint density at radius 3 is 2.85 bits per heavy atom. The summed E-state index contributed by atoms with van der Waals surface area (Å²) >= 11 is 0. The minimum absolute atomic E-state index is 0.261. The van der Waals surface area contributed by atoms with E-state index in [0.717, 1.165) is 11.3 Å². The number of carbonyl (C=O) groups excluding carboxylic acids is 1. The zero-order valence-corrected chi connectivity index (χ0v) is 11.2. The lowest BCUT2D eigenvalue weighted by Crippen LogP contribution is -2.23. The molecule has 20 heavy (non-hydrogen) atoms. The molecule has 2 aromatic rings. The van der Waals surface area contributed by atoms with Gasteiger partial charge in [-0.25, -0.2) is 0 Å². The summed E-state index contributed by atoms with van der Waals surface area (Å²) in [5.74, 6) is 6.49. The molecule has 1 heterocycles. The highest BCUT2D eigenvalue weighted by Gasteiger charge is 2.05. The van der Waals surface area contributed by atoms with Crippen LogP contribution in [-0.4, -0.2) is 19.1 Å². The van der Waals surface area contributed by atoms with Crippen LogP contribution in [0.5, 0.6) is 5.75 Å². The van der Waals surface area contributed by atoms with Crippen LogP contribution < -0.4 is 10.1 Å². The molecule has 0 radical (unpaired) electrons. The SMILES string of the molecule is Cc1ccccc1OCC#CCNC(=O)c1ccco1. The maximum absolute atomic E-state index is 11.5. The molecule has 0 spiro atoms. The van der Waals surface area contributed by atoms with Crippen LogP contribution in [0.15, 0.2) is 47.1 Å². The average Bonchev–Trinajstić information content (AvgIpc) is 2.98. The molecule has 0 atom stereocenters. The van der Waals surface area contributed by atoms with E-state index in [9.17, 15) is 4.79 Å². The summed E-state index contributed by atoms with van der Waals surface area (Å²) in [6, 6.07) is 11.0. The van der Waals surface area contributed by atoms with Crippen molar-refractivity contribution in [2.24, 2.45) is 0 Å². The lowest BCUT2D eigenvalue weighted by atomic mass is 10.2. The minimum atomic E-state index is -0.274. The van der Waals surface area contributed by atoms with Crippen molar-refractivity contribution >= 4 is 5.91 Å². The third-order valence-electron chi connectivity index (χ3n) is 2.60. The molecule has 0 aliphatic carbocycles. The van der Waals surface area contributed by atoms with Gasteiger partial charge in [0.15, 0.2) is 5.76 Å². The minimum Gasteiger partial charge on any atom is -0.481 e. The first-order chi connectivity index (χ1) is 9.77. The number of hydrogen-bond donors (Lipinski definition) is 1. The van der Waals surface area contributed by atoms with Crippen molar-refractivity contribution in [3.8, 4) is 17.6 Å². The van der Waals surface area contributed by atoms with Crippen molar-refractivity contribution in [1.82, 2.24) is 5.32 Å². The summed E-state index contributed by atoms with van der Waals surface area (Å²) < 4.78 is 10.5. The van der Waals surface area contributed by atoms with Crippen LogP contribution in [0.25, 0.3) is 0 Å².